The molecule has 0 amide bonds. The second-order valence-electron chi connectivity index (χ2n) is 25.9. The van der Waals surface area contributed by atoms with Crippen molar-refractivity contribution in [2.45, 2.75) is 341 Å². The molecule has 0 heterocycles. The number of ether oxygens (including phenoxy) is 4. The average molecular weight is 1230 g/mol. The van der Waals surface area contributed by atoms with Gasteiger partial charge in [0.05, 0.1) is 34.4 Å². The van der Waals surface area contributed by atoms with Crippen molar-refractivity contribution in [2.24, 2.45) is 0 Å². The van der Waals surface area contributed by atoms with E-state index in [0.717, 1.165) is 89.9 Å². The molecule has 2 atom stereocenters. The van der Waals surface area contributed by atoms with Crippen molar-refractivity contribution in [1.82, 2.24) is 0 Å². The quantitative estimate of drug-likeness (QED) is 0.0211. The maximum atomic E-state index is 13.0. The van der Waals surface area contributed by atoms with E-state index in [1.54, 1.807) is 0 Å². The van der Waals surface area contributed by atoms with E-state index in [2.05, 4.69) is 111 Å². The van der Waals surface area contributed by atoms with Crippen molar-refractivity contribution in [3.63, 3.8) is 0 Å². The SMILES string of the molecule is CC/C=C\C/C=C\C/C=C\C/C=C\C/C=C\C/C=C\C/C=C\C/C=C\CCCCCCCCCCCCCCCCC(=O)OC(COC(=O)CCCCCCCCCCCCCCCCCCCCCCCCCC)COC(OCC[N+](C)(C)C)C(=O)O. The molecule has 0 aliphatic heterocycles. The summed E-state index contributed by atoms with van der Waals surface area (Å²) in [5, 5.41) is 9.75. The lowest BCUT2D eigenvalue weighted by Crippen LogP contribution is -2.40. The lowest BCUT2D eigenvalue weighted by atomic mass is 10.0. The van der Waals surface area contributed by atoms with Gasteiger partial charge in [0.25, 0.3) is 6.29 Å². The first-order chi connectivity index (χ1) is 43.1. The van der Waals surface area contributed by atoms with E-state index < -0.39 is 24.3 Å². The number of quaternary nitrogens is 1. The number of esters is 2. The van der Waals surface area contributed by atoms with Crippen LogP contribution in [0.1, 0.15) is 328 Å². The molecular formula is C79H140NO8+. The van der Waals surface area contributed by atoms with Gasteiger partial charge in [-0.1, -0.05) is 336 Å². The van der Waals surface area contributed by atoms with Crippen molar-refractivity contribution >= 4 is 17.9 Å². The standard InChI is InChI=1S/C79H139NO8/c1-6-8-10-12-14-16-18-20-22-24-26-28-30-32-33-34-35-36-37-38-39-40-41-42-43-44-45-46-48-50-52-54-56-58-60-62-64-66-68-70-77(82)88-75(74-87-79(78(83)84)85-72-71-80(3,4)5)73-86-76(81)69-67-65-63-61-59-57-55-53-51-49-47-31-29-27-25-23-21-19-17-15-13-11-9-7-2/h8,10,14,16,20,22,26,28,32-33,35-36,38-39,41-42,75,79H,6-7,9,11-13,15,17-19,21,23-25,27,29-31,34,37,40,43-74H2,1-5H3/p+1/b10-8-,16-14-,22-20-,28-26-,33-32-,36-35-,39-38-,42-41-. The average Bonchev–Trinajstić information content (AvgIpc) is 3.52. The van der Waals surface area contributed by atoms with Crippen molar-refractivity contribution in [2.75, 3.05) is 47.5 Å². The van der Waals surface area contributed by atoms with Crippen LogP contribution >= 0.6 is 0 Å². The number of nitrogens with zero attached hydrogens (tertiary/aromatic N) is 1. The molecule has 0 bridgehead atoms. The van der Waals surface area contributed by atoms with Gasteiger partial charge in [0.2, 0.25) is 0 Å². The second kappa shape index (κ2) is 69.1. The highest BCUT2D eigenvalue weighted by Gasteiger charge is 2.25. The number of carbonyl (C=O) groups excluding carboxylic acids is 2. The summed E-state index contributed by atoms with van der Waals surface area (Å²) >= 11 is 0. The van der Waals surface area contributed by atoms with E-state index in [1.807, 2.05) is 21.1 Å². The highest BCUT2D eigenvalue weighted by molar-refractivity contribution is 5.71. The molecule has 88 heavy (non-hydrogen) atoms. The molecular weight excluding hydrogens is 1090 g/mol. The number of carboxylic acids is 1. The van der Waals surface area contributed by atoms with Gasteiger partial charge in [-0.3, -0.25) is 9.59 Å². The summed E-state index contributed by atoms with van der Waals surface area (Å²) in [4.78, 5) is 37.7. The molecule has 0 saturated heterocycles. The fourth-order valence-corrected chi connectivity index (χ4v) is 10.5. The van der Waals surface area contributed by atoms with E-state index in [9.17, 15) is 19.5 Å². The van der Waals surface area contributed by atoms with Crippen LogP contribution in [0.3, 0.4) is 0 Å². The fraction of sp³-hybridized carbons (Fsp3) is 0.759. The fourth-order valence-electron chi connectivity index (χ4n) is 10.5. The lowest BCUT2D eigenvalue weighted by molar-refractivity contribution is -0.870. The summed E-state index contributed by atoms with van der Waals surface area (Å²) in [7, 11) is 5.98. The monoisotopic (exact) mass is 1230 g/mol. The van der Waals surface area contributed by atoms with Gasteiger partial charge < -0.3 is 28.5 Å². The summed E-state index contributed by atoms with van der Waals surface area (Å²) in [6, 6.07) is 0. The first-order valence-corrected chi connectivity index (χ1v) is 36.9. The molecule has 0 rings (SSSR count). The number of hydrogen-bond acceptors (Lipinski definition) is 7. The Morgan fingerprint density at radius 3 is 0.966 bits per heavy atom. The van der Waals surface area contributed by atoms with E-state index >= 15 is 0 Å². The van der Waals surface area contributed by atoms with Gasteiger partial charge in [0, 0.05) is 12.8 Å². The molecule has 508 valence electrons. The second-order valence-corrected chi connectivity index (χ2v) is 25.9. The molecule has 0 spiro atoms. The molecule has 0 aliphatic rings. The van der Waals surface area contributed by atoms with Crippen LogP contribution in [-0.4, -0.2) is 87.4 Å². The predicted octanol–water partition coefficient (Wildman–Crippen LogP) is 23.2. The van der Waals surface area contributed by atoms with Crippen LogP contribution in [0.25, 0.3) is 0 Å². The number of hydrogen-bond donors (Lipinski definition) is 1. The zero-order valence-electron chi connectivity index (χ0n) is 58.1. The third-order valence-electron chi connectivity index (χ3n) is 16.1. The van der Waals surface area contributed by atoms with E-state index in [0.29, 0.717) is 17.4 Å². The van der Waals surface area contributed by atoms with E-state index in [4.69, 9.17) is 18.9 Å². The molecule has 0 aromatic rings. The molecule has 2 unspecified atom stereocenters. The summed E-state index contributed by atoms with van der Waals surface area (Å²) in [5.74, 6) is -1.99. The number of rotatable bonds is 68. The van der Waals surface area contributed by atoms with Crippen LogP contribution in [0.15, 0.2) is 97.2 Å². The summed E-state index contributed by atoms with van der Waals surface area (Å²) in [6.45, 7) is 4.81. The molecule has 0 saturated carbocycles. The van der Waals surface area contributed by atoms with Crippen LogP contribution in [-0.2, 0) is 33.3 Å². The minimum Gasteiger partial charge on any atom is -0.477 e. The van der Waals surface area contributed by atoms with Gasteiger partial charge in [0.15, 0.2) is 6.10 Å². The summed E-state index contributed by atoms with van der Waals surface area (Å²) in [6.07, 6.45) is 92.4. The van der Waals surface area contributed by atoms with E-state index in [1.165, 1.54) is 212 Å². The Kier molecular flexibility index (Phi) is 66.1. The van der Waals surface area contributed by atoms with Gasteiger partial charge >= 0.3 is 17.9 Å². The zero-order valence-corrected chi connectivity index (χ0v) is 58.1. The van der Waals surface area contributed by atoms with Crippen LogP contribution in [0.4, 0.5) is 0 Å². The molecule has 9 nitrogen and oxygen atoms in total. The van der Waals surface area contributed by atoms with Crippen molar-refractivity contribution in [1.29, 1.82) is 0 Å². The van der Waals surface area contributed by atoms with Gasteiger partial charge in [-0.15, -0.1) is 0 Å². The van der Waals surface area contributed by atoms with Crippen molar-refractivity contribution in [3.05, 3.63) is 97.2 Å². The topological polar surface area (TPSA) is 108 Å². The number of carboxylic acid groups (broad SMARTS) is 1. The Bertz CT molecular complexity index is 1770. The molecule has 0 aromatic heterocycles. The van der Waals surface area contributed by atoms with Gasteiger partial charge in [-0.2, -0.15) is 0 Å². The Morgan fingerprint density at radius 2 is 0.648 bits per heavy atom. The third-order valence-corrected chi connectivity index (χ3v) is 16.1. The maximum absolute atomic E-state index is 13.0. The van der Waals surface area contributed by atoms with Gasteiger partial charge in [-0.05, 0) is 77.0 Å². The molecule has 1 N–H and O–H groups in total. The highest BCUT2D eigenvalue weighted by Crippen LogP contribution is 2.18. The number of aliphatic carboxylic acids is 1. The third kappa shape index (κ3) is 69.7. The minimum absolute atomic E-state index is 0.181. The number of likely N-dealkylation sites (N-methyl/N-ethyl adjacent to an activating group) is 1. The Morgan fingerprint density at radius 1 is 0.352 bits per heavy atom. The zero-order chi connectivity index (χ0) is 64.0. The van der Waals surface area contributed by atoms with Gasteiger partial charge in [0.1, 0.15) is 13.2 Å². The molecule has 0 fully saturated rings. The lowest BCUT2D eigenvalue weighted by Gasteiger charge is -2.25. The van der Waals surface area contributed by atoms with Crippen LogP contribution in [0.2, 0.25) is 0 Å². The smallest absolute Gasteiger partial charge is 0.361 e. The Balaban J connectivity index is 4.07. The van der Waals surface area contributed by atoms with Crippen LogP contribution in [0, 0.1) is 0 Å². The highest BCUT2D eigenvalue weighted by atomic mass is 16.7. The van der Waals surface area contributed by atoms with Crippen LogP contribution in [0.5, 0.6) is 0 Å². The number of carbonyl (C=O) groups is 3. The normalized spacial score (nSPS) is 13.2. The Labute approximate surface area is 543 Å². The summed E-state index contributed by atoms with van der Waals surface area (Å²) < 4.78 is 23.0. The number of unbranched alkanes of at least 4 members (excludes halogenated alkanes) is 37. The largest absolute Gasteiger partial charge is 0.477 e. The van der Waals surface area contributed by atoms with E-state index in [-0.39, 0.29) is 32.2 Å². The molecule has 9 heteroatoms. The Hall–Kier alpha value is -3.79. The summed E-state index contributed by atoms with van der Waals surface area (Å²) in [5.41, 5.74) is 0. The van der Waals surface area contributed by atoms with Gasteiger partial charge in [-0.25, -0.2) is 4.79 Å². The van der Waals surface area contributed by atoms with Crippen molar-refractivity contribution < 1.29 is 42.9 Å². The maximum Gasteiger partial charge on any atom is 0.361 e. The number of allylic oxidation sites excluding steroid dienone is 16. The predicted molar refractivity (Wildman–Crippen MR) is 378 cm³/mol. The minimum atomic E-state index is -1.51. The van der Waals surface area contributed by atoms with Crippen molar-refractivity contribution in [3.8, 4) is 0 Å². The first kappa shape index (κ1) is 84.2. The molecule has 0 radical (unpaired) electrons. The molecule has 0 aromatic carbocycles. The van der Waals surface area contributed by atoms with Crippen LogP contribution < -0.4 is 0 Å². The molecule has 0 aliphatic carbocycles. The first-order valence-electron chi connectivity index (χ1n) is 36.9.